The number of amides is 1. The predicted molar refractivity (Wildman–Crippen MR) is 81.8 cm³/mol. The number of halogens is 1. The summed E-state index contributed by atoms with van der Waals surface area (Å²) in [6.07, 6.45) is 0.774. The van der Waals surface area contributed by atoms with Crippen LogP contribution in [0.3, 0.4) is 0 Å². The molecule has 0 aromatic carbocycles. The van der Waals surface area contributed by atoms with Crippen LogP contribution in [0.2, 0.25) is 0 Å². The number of nitrogens with zero attached hydrogens (tertiary/aromatic N) is 4. The van der Waals surface area contributed by atoms with Crippen molar-refractivity contribution in [3.05, 3.63) is 18.1 Å². The second-order valence-corrected chi connectivity index (χ2v) is 6.43. The summed E-state index contributed by atoms with van der Waals surface area (Å²) in [6.45, 7) is 7.66. The van der Waals surface area contributed by atoms with Crippen LogP contribution in [0.15, 0.2) is 16.7 Å². The Hall–Kier alpha value is -2.38. The molecule has 0 unspecified atom stereocenters. The van der Waals surface area contributed by atoms with Crippen LogP contribution in [0.25, 0.3) is 11.2 Å². The topological polar surface area (TPSA) is 71.7 Å². The third kappa shape index (κ3) is 3.52. The number of ether oxygens (including phenoxy) is 1. The molecule has 7 nitrogen and oxygen atoms in total. The summed E-state index contributed by atoms with van der Waals surface area (Å²) >= 11 is 0. The average Bonchev–Trinajstić information content (AvgIpc) is 2.88. The van der Waals surface area contributed by atoms with Gasteiger partial charge in [0.2, 0.25) is 5.71 Å². The molecule has 1 amide bonds. The molecule has 0 spiro atoms. The van der Waals surface area contributed by atoms with Crippen LogP contribution in [0.5, 0.6) is 0 Å². The molecule has 2 aromatic heterocycles. The number of oxazole rings is 1. The lowest BCUT2D eigenvalue weighted by Crippen LogP contribution is -2.50. The smallest absolute Gasteiger partial charge is 0.410 e. The Labute approximate surface area is 133 Å². The van der Waals surface area contributed by atoms with Gasteiger partial charge in [0.25, 0.3) is 6.01 Å². The monoisotopic (exact) mass is 322 g/mol. The minimum Gasteiger partial charge on any atom is -0.444 e. The van der Waals surface area contributed by atoms with E-state index in [0.29, 0.717) is 43.4 Å². The molecule has 0 saturated carbocycles. The standard InChI is InChI=1S/C15H19FN4O3/c1-15(2,3)23-14(21)20-6-4-19(5-7-20)13-18-11-8-10(16)9-17-12(11)22-13/h8-9H,4-7H2,1-3H3. The molecule has 1 aliphatic heterocycles. The van der Waals surface area contributed by atoms with Crippen LogP contribution in [0.4, 0.5) is 15.2 Å². The second-order valence-electron chi connectivity index (χ2n) is 6.43. The minimum atomic E-state index is -0.510. The van der Waals surface area contributed by atoms with Gasteiger partial charge in [-0.05, 0) is 20.8 Å². The van der Waals surface area contributed by atoms with E-state index in [1.54, 1.807) is 4.90 Å². The van der Waals surface area contributed by atoms with Gasteiger partial charge in [-0.15, -0.1) is 0 Å². The summed E-state index contributed by atoms with van der Waals surface area (Å²) in [5, 5.41) is 0. The lowest BCUT2D eigenvalue weighted by molar-refractivity contribution is 0.0239. The van der Waals surface area contributed by atoms with Gasteiger partial charge in [0.1, 0.15) is 16.9 Å². The summed E-state index contributed by atoms with van der Waals surface area (Å²) in [5.74, 6) is -0.452. The lowest BCUT2D eigenvalue weighted by Gasteiger charge is -2.34. The largest absolute Gasteiger partial charge is 0.444 e. The van der Waals surface area contributed by atoms with Crippen LogP contribution in [-0.4, -0.2) is 52.7 Å². The summed E-state index contributed by atoms with van der Waals surface area (Å²) in [7, 11) is 0. The molecule has 1 fully saturated rings. The maximum absolute atomic E-state index is 13.1. The van der Waals surface area contributed by atoms with Gasteiger partial charge in [-0.2, -0.15) is 4.98 Å². The molecule has 0 radical (unpaired) electrons. The normalized spacial score (nSPS) is 16.0. The Bertz CT molecular complexity index is 717. The van der Waals surface area contributed by atoms with E-state index in [2.05, 4.69) is 9.97 Å². The fourth-order valence-electron chi connectivity index (χ4n) is 2.33. The van der Waals surface area contributed by atoms with Crippen molar-refractivity contribution >= 4 is 23.3 Å². The van der Waals surface area contributed by atoms with Crippen molar-refractivity contribution in [1.82, 2.24) is 14.9 Å². The molecule has 3 rings (SSSR count). The zero-order valence-corrected chi connectivity index (χ0v) is 13.4. The highest BCUT2D eigenvalue weighted by Gasteiger charge is 2.27. The molecule has 0 N–H and O–H groups in total. The highest BCUT2D eigenvalue weighted by Crippen LogP contribution is 2.22. The van der Waals surface area contributed by atoms with E-state index in [4.69, 9.17) is 9.15 Å². The lowest BCUT2D eigenvalue weighted by atomic mass is 10.2. The number of fused-ring (bicyclic) bond motifs is 1. The van der Waals surface area contributed by atoms with Crippen molar-refractivity contribution in [2.45, 2.75) is 26.4 Å². The zero-order chi connectivity index (χ0) is 16.6. The first-order valence-electron chi connectivity index (χ1n) is 7.47. The number of pyridine rings is 1. The fraction of sp³-hybridized carbons (Fsp3) is 0.533. The van der Waals surface area contributed by atoms with Crippen molar-refractivity contribution in [3.63, 3.8) is 0 Å². The third-order valence-corrected chi connectivity index (χ3v) is 3.40. The highest BCUT2D eigenvalue weighted by molar-refractivity contribution is 5.70. The van der Waals surface area contributed by atoms with Crippen LogP contribution >= 0.6 is 0 Å². The van der Waals surface area contributed by atoms with E-state index < -0.39 is 11.4 Å². The number of carbonyl (C=O) groups is 1. The third-order valence-electron chi connectivity index (χ3n) is 3.40. The highest BCUT2D eigenvalue weighted by atomic mass is 19.1. The number of anilines is 1. The summed E-state index contributed by atoms with van der Waals surface area (Å²) in [4.78, 5) is 23.7. The van der Waals surface area contributed by atoms with E-state index in [1.807, 2.05) is 25.7 Å². The Morgan fingerprint density at radius 1 is 1.30 bits per heavy atom. The predicted octanol–water partition coefficient (Wildman–Crippen LogP) is 2.42. The molecule has 124 valence electrons. The SMILES string of the molecule is CC(C)(C)OC(=O)N1CCN(c2nc3cc(F)cnc3o2)CC1. The molecule has 23 heavy (non-hydrogen) atoms. The summed E-state index contributed by atoms with van der Waals surface area (Å²) < 4.78 is 24.0. The van der Waals surface area contributed by atoms with Crippen molar-refractivity contribution in [3.8, 4) is 0 Å². The van der Waals surface area contributed by atoms with Gasteiger partial charge >= 0.3 is 6.09 Å². The molecule has 1 aliphatic rings. The van der Waals surface area contributed by atoms with Gasteiger partial charge in [0, 0.05) is 32.2 Å². The fourth-order valence-corrected chi connectivity index (χ4v) is 2.33. The van der Waals surface area contributed by atoms with E-state index in [0.717, 1.165) is 6.20 Å². The van der Waals surface area contributed by atoms with E-state index in [-0.39, 0.29) is 6.09 Å². The average molecular weight is 322 g/mol. The maximum Gasteiger partial charge on any atom is 0.410 e. The van der Waals surface area contributed by atoms with Crippen molar-refractivity contribution in [2.24, 2.45) is 0 Å². The Morgan fingerprint density at radius 3 is 2.65 bits per heavy atom. The molecule has 0 bridgehead atoms. The molecule has 1 saturated heterocycles. The molecule has 3 heterocycles. The molecular formula is C15H19FN4O3. The Morgan fingerprint density at radius 2 is 2.00 bits per heavy atom. The first-order chi connectivity index (χ1) is 10.8. The first kappa shape index (κ1) is 15.5. The van der Waals surface area contributed by atoms with E-state index in [1.165, 1.54) is 6.07 Å². The number of hydrogen-bond donors (Lipinski definition) is 0. The Balaban J connectivity index is 1.65. The molecule has 2 aromatic rings. The minimum absolute atomic E-state index is 0.302. The zero-order valence-electron chi connectivity index (χ0n) is 13.4. The molecular weight excluding hydrogens is 303 g/mol. The molecule has 0 atom stereocenters. The van der Waals surface area contributed by atoms with Gasteiger partial charge < -0.3 is 19.0 Å². The molecule has 8 heteroatoms. The van der Waals surface area contributed by atoms with Gasteiger partial charge in [-0.3, -0.25) is 0 Å². The van der Waals surface area contributed by atoms with Crippen molar-refractivity contribution in [1.29, 1.82) is 0 Å². The van der Waals surface area contributed by atoms with Gasteiger partial charge in [-0.25, -0.2) is 14.2 Å². The number of hydrogen-bond acceptors (Lipinski definition) is 6. The van der Waals surface area contributed by atoms with Crippen LogP contribution in [-0.2, 0) is 4.74 Å². The van der Waals surface area contributed by atoms with Crippen LogP contribution in [0, 0.1) is 5.82 Å². The quantitative estimate of drug-likeness (QED) is 0.803. The van der Waals surface area contributed by atoms with Gasteiger partial charge in [0.15, 0.2) is 0 Å². The number of piperazine rings is 1. The van der Waals surface area contributed by atoms with Crippen molar-refractivity contribution < 1.29 is 18.3 Å². The first-order valence-corrected chi connectivity index (χ1v) is 7.47. The number of aromatic nitrogens is 2. The van der Waals surface area contributed by atoms with Crippen molar-refractivity contribution in [2.75, 3.05) is 31.1 Å². The number of carbonyl (C=O) groups excluding carboxylic acids is 1. The van der Waals surface area contributed by atoms with E-state index >= 15 is 0 Å². The summed E-state index contributed by atoms with van der Waals surface area (Å²) in [6, 6.07) is 1.67. The van der Waals surface area contributed by atoms with Gasteiger partial charge in [-0.1, -0.05) is 0 Å². The van der Waals surface area contributed by atoms with Gasteiger partial charge in [0.05, 0.1) is 6.20 Å². The summed E-state index contributed by atoms with van der Waals surface area (Å²) in [5.41, 5.74) is 0.176. The second kappa shape index (κ2) is 5.68. The van der Waals surface area contributed by atoms with Crippen LogP contribution in [0.1, 0.15) is 20.8 Å². The molecule has 0 aliphatic carbocycles. The Kier molecular flexibility index (Phi) is 3.83. The van der Waals surface area contributed by atoms with Crippen LogP contribution < -0.4 is 4.90 Å². The maximum atomic E-state index is 13.1. The van der Waals surface area contributed by atoms with E-state index in [9.17, 15) is 9.18 Å². The number of rotatable bonds is 1.